The van der Waals surface area contributed by atoms with Crippen LogP contribution in [0.3, 0.4) is 0 Å². The van der Waals surface area contributed by atoms with E-state index < -0.39 is 17.7 Å². The van der Waals surface area contributed by atoms with Gasteiger partial charge in [0.05, 0.1) is 13.2 Å². The van der Waals surface area contributed by atoms with Gasteiger partial charge in [-0.25, -0.2) is 4.79 Å². The summed E-state index contributed by atoms with van der Waals surface area (Å²) in [5.74, 6) is -0.305. The quantitative estimate of drug-likeness (QED) is 0.447. The number of alkyl carbamates (subject to hydrolysis) is 1. The molecule has 3 N–H and O–H groups in total. The Hall–Kier alpha value is -3.36. The minimum absolute atomic E-state index is 0.266. The normalized spacial score (nSPS) is 16.3. The molecule has 0 bridgehead atoms. The molecule has 0 radical (unpaired) electrons. The van der Waals surface area contributed by atoms with Crippen molar-refractivity contribution in [1.29, 1.82) is 0 Å². The number of rotatable bonds is 7. The standard InChI is InChI=1S/C28H36N4O4/c1-19(32-13-15-35-16-14-32)20-9-11-22(12-10-20)30-26(33)25(31-27(34)36-28(2,3)4)17-21-18-29-24-8-6-5-7-23(21)24/h5-12,18-19,25,29H,13-17H2,1-4H3,(H,30,33)(H,31,34)/t19?,25-/m0/s1. The number of fused-ring (bicyclic) bond motifs is 1. The van der Waals surface area contributed by atoms with E-state index in [4.69, 9.17) is 9.47 Å². The summed E-state index contributed by atoms with van der Waals surface area (Å²) < 4.78 is 10.9. The molecule has 1 aliphatic rings. The first kappa shape index (κ1) is 25.7. The summed E-state index contributed by atoms with van der Waals surface area (Å²) >= 11 is 0. The van der Waals surface area contributed by atoms with Crippen molar-refractivity contribution in [2.75, 3.05) is 31.6 Å². The number of anilines is 1. The molecule has 2 heterocycles. The lowest BCUT2D eigenvalue weighted by atomic mass is 10.0. The van der Waals surface area contributed by atoms with Gasteiger partial charge in [-0.05, 0) is 57.0 Å². The molecule has 1 saturated heterocycles. The highest BCUT2D eigenvalue weighted by Gasteiger charge is 2.26. The summed E-state index contributed by atoms with van der Waals surface area (Å²) in [5.41, 5.74) is 3.11. The fourth-order valence-corrected chi connectivity index (χ4v) is 4.43. The van der Waals surface area contributed by atoms with Crippen molar-refractivity contribution in [3.05, 3.63) is 65.9 Å². The number of benzene rings is 2. The van der Waals surface area contributed by atoms with Gasteiger partial charge >= 0.3 is 6.09 Å². The molecule has 192 valence electrons. The van der Waals surface area contributed by atoms with Crippen LogP contribution in [0.15, 0.2) is 54.7 Å². The van der Waals surface area contributed by atoms with Crippen LogP contribution in [0.1, 0.15) is 44.9 Å². The third-order valence-electron chi connectivity index (χ3n) is 6.36. The molecule has 0 saturated carbocycles. The average Bonchev–Trinajstić information content (AvgIpc) is 3.26. The maximum atomic E-state index is 13.3. The third kappa shape index (κ3) is 6.65. The second-order valence-electron chi connectivity index (χ2n) is 10.2. The zero-order valence-electron chi connectivity index (χ0n) is 21.5. The molecule has 0 aliphatic carbocycles. The number of aromatic amines is 1. The lowest BCUT2D eigenvalue weighted by molar-refractivity contribution is -0.118. The monoisotopic (exact) mass is 492 g/mol. The smallest absolute Gasteiger partial charge is 0.408 e. The Morgan fingerprint density at radius 2 is 1.78 bits per heavy atom. The molecule has 0 spiro atoms. The van der Waals surface area contributed by atoms with Crippen LogP contribution in [0.4, 0.5) is 10.5 Å². The molecule has 2 aromatic carbocycles. The van der Waals surface area contributed by atoms with Gasteiger partial charge < -0.3 is 25.1 Å². The van der Waals surface area contributed by atoms with Crippen molar-refractivity contribution >= 4 is 28.6 Å². The molecule has 1 aromatic heterocycles. The number of H-pyrrole nitrogens is 1. The van der Waals surface area contributed by atoms with E-state index in [0.717, 1.165) is 42.8 Å². The van der Waals surface area contributed by atoms with Crippen LogP contribution in [0.2, 0.25) is 0 Å². The number of nitrogens with one attached hydrogen (secondary N) is 3. The highest BCUT2D eigenvalue weighted by atomic mass is 16.6. The van der Waals surface area contributed by atoms with E-state index in [0.29, 0.717) is 12.1 Å². The van der Waals surface area contributed by atoms with Gasteiger partial charge in [0.2, 0.25) is 5.91 Å². The molecule has 4 rings (SSSR count). The first-order chi connectivity index (χ1) is 17.2. The first-order valence-electron chi connectivity index (χ1n) is 12.5. The number of aromatic nitrogens is 1. The molecular weight excluding hydrogens is 456 g/mol. The van der Waals surface area contributed by atoms with Crippen LogP contribution in [-0.4, -0.2) is 59.8 Å². The van der Waals surface area contributed by atoms with Gasteiger partial charge in [-0.15, -0.1) is 0 Å². The van der Waals surface area contributed by atoms with Crippen LogP contribution >= 0.6 is 0 Å². The van der Waals surface area contributed by atoms with Crippen LogP contribution in [0.25, 0.3) is 10.9 Å². The Morgan fingerprint density at radius 3 is 2.47 bits per heavy atom. The van der Waals surface area contributed by atoms with Crippen molar-refractivity contribution in [3.8, 4) is 0 Å². The predicted molar refractivity (Wildman–Crippen MR) is 141 cm³/mol. The van der Waals surface area contributed by atoms with E-state index in [-0.39, 0.29) is 11.9 Å². The Labute approximate surface area is 212 Å². The number of para-hydroxylation sites is 1. The molecular formula is C28H36N4O4. The molecule has 2 atom stereocenters. The predicted octanol–water partition coefficient (Wildman–Crippen LogP) is 4.64. The van der Waals surface area contributed by atoms with E-state index in [2.05, 4.69) is 27.4 Å². The molecule has 1 unspecified atom stereocenters. The Morgan fingerprint density at radius 1 is 1.08 bits per heavy atom. The molecule has 2 amide bonds. The minimum atomic E-state index is -0.814. The van der Waals surface area contributed by atoms with Gasteiger partial charge in [0.1, 0.15) is 11.6 Å². The van der Waals surface area contributed by atoms with Gasteiger partial charge in [0.15, 0.2) is 0 Å². The number of amides is 2. The van der Waals surface area contributed by atoms with Gasteiger partial charge in [0.25, 0.3) is 0 Å². The van der Waals surface area contributed by atoms with Crippen LogP contribution in [0.5, 0.6) is 0 Å². The molecule has 8 nitrogen and oxygen atoms in total. The number of hydrogen-bond acceptors (Lipinski definition) is 5. The number of nitrogens with zero attached hydrogens (tertiary/aromatic N) is 1. The fourth-order valence-electron chi connectivity index (χ4n) is 4.43. The number of ether oxygens (including phenoxy) is 2. The number of carbonyl (C=O) groups is 2. The van der Waals surface area contributed by atoms with Crippen molar-refractivity contribution in [2.45, 2.75) is 51.8 Å². The molecule has 1 aliphatic heterocycles. The summed E-state index contributed by atoms with van der Waals surface area (Å²) in [6.45, 7) is 10.9. The topological polar surface area (TPSA) is 95.7 Å². The van der Waals surface area contributed by atoms with Gasteiger partial charge in [-0.3, -0.25) is 9.69 Å². The fraction of sp³-hybridized carbons (Fsp3) is 0.429. The molecule has 3 aromatic rings. The Kier molecular flexibility index (Phi) is 7.96. The molecule has 36 heavy (non-hydrogen) atoms. The van der Waals surface area contributed by atoms with Gasteiger partial charge in [-0.1, -0.05) is 30.3 Å². The summed E-state index contributed by atoms with van der Waals surface area (Å²) in [7, 11) is 0. The van der Waals surface area contributed by atoms with E-state index in [1.165, 1.54) is 5.56 Å². The van der Waals surface area contributed by atoms with Crippen molar-refractivity contribution in [1.82, 2.24) is 15.2 Å². The van der Waals surface area contributed by atoms with Crippen molar-refractivity contribution < 1.29 is 19.1 Å². The van der Waals surface area contributed by atoms with Crippen LogP contribution in [0, 0.1) is 0 Å². The van der Waals surface area contributed by atoms with E-state index >= 15 is 0 Å². The zero-order valence-corrected chi connectivity index (χ0v) is 21.5. The maximum Gasteiger partial charge on any atom is 0.408 e. The highest BCUT2D eigenvalue weighted by Crippen LogP contribution is 2.24. The van der Waals surface area contributed by atoms with Gasteiger partial charge in [-0.2, -0.15) is 0 Å². The maximum absolute atomic E-state index is 13.3. The zero-order chi connectivity index (χ0) is 25.7. The summed E-state index contributed by atoms with van der Waals surface area (Å²) in [6.07, 6.45) is 1.57. The van der Waals surface area contributed by atoms with E-state index in [9.17, 15) is 9.59 Å². The van der Waals surface area contributed by atoms with Gasteiger partial charge in [0, 0.05) is 48.3 Å². The van der Waals surface area contributed by atoms with Crippen molar-refractivity contribution in [2.24, 2.45) is 0 Å². The van der Waals surface area contributed by atoms with Crippen LogP contribution in [-0.2, 0) is 20.7 Å². The number of hydrogen-bond donors (Lipinski definition) is 3. The Balaban J connectivity index is 1.47. The molecule has 1 fully saturated rings. The lowest BCUT2D eigenvalue weighted by Gasteiger charge is -2.32. The summed E-state index contributed by atoms with van der Waals surface area (Å²) in [4.78, 5) is 31.5. The number of morpholine rings is 1. The summed E-state index contributed by atoms with van der Waals surface area (Å²) in [6, 6.07) is 15.2. The SMILES string of the molecule is CC(c1ccc(NC(=O)[C@H](Cc2c[nH]c3ccccc23)NC(=O)OC(C)(C)C)cc1)N1CCOCC1. The second-order valence-corrected chi connectivity index (χ2v) is 10.2. The van der Waals surface area contributed by atoms with Crippen molar-refractivity contribution in [3.63, 3.8) is 0 Å². The first-order valence-corrected chi connectivity index (χ1v) is 12.5. The average molecular weight is 493 g/mol. The minimum Gasteiger partial charge on any atom is -0.444 e. The third-order valence-corrected chi connectivity index (χ3v) is 6.36. The molecule has 8 heteroatoms. The number of carbonyl (C=O) groups excluding carboxylic acids is 2. The highest BCUT2D eigenvalue weighted by molar-refractivity contribution is 5.97. The second kappa shape index (κ2) is 11.1. The van der Waals surface area contributed by atoms with Crippen LogP contribution < -0.4 is 10.6 Å². The summed E-state index contributed by atoms with van der Waals surface area (Å²) in [5, 5.41) is 6.74. The van der Waals surface area contributed by atoms with E-state index in [1.807, 2.05) is 54.7 Å². The Bertz CT molecular complexity index is 1180. The largest absolute Gasteiger partial charge is 0.444 e. The van der Waals surface area contributed by atoms with E-state index in [1.54, 1.807) is 20.8 Å². The lowest BCUT2D eigenvalue weighted by Crippen LogP contribution is -2.47.